The monoisotopic (exact) mass is 662 g/mol. The van der Waals surface area contributed by atoms with Crippen LogP contribution >= 0.6 is 0 Å². The summed E-state index contributed by atoms with van der Waals surface area (Å²) < 4.78 is 46.1. The maximum atomic E-state index is 13.3. The number of rotatable bonds is 13. The summed E-state index contributed by atoms with van der Waals surface area (Å²) in [5.41, 5.74) is 1.44. The van der Waals surface area contributed by atoms with Crippen molar-refractivity contribution in [3.8, 4) is 0 Å². The number of esters is 1. The van der Waals surface area contributed by atoms with E-state index >= 15 is 0 Å². The first-order valence-electron chi connectivity index (χ1n) is 15.9. The zero-order valence-corrected chi connectivity index (χ0v) is 26.1. The zero-order valence-electron chi connectivity index (χ0n) is 26.1. The predicted molar refractivity (Wildman–Crippen MR) is 167 cm³/mol. The smallest absolute Gasteiger partial charge is 0.451 e. The highest BCUT2D eigenvalue weighted by atomic mass is 19.4. The zero-order chi connectivity index (χ0) is 33.6. The Hall–Kier alpha value is -4.02. The number of aromatic nitrogens is 4. The van der Waals surface area contributed by atoms with E-state index in [4.69, 9.17) is 4.74 Å². The number of benzene rings is 1. The van der Waals surface area contributed by atoms with Crippen LogP contribution in [-0.4, -0.2) is 110 Å². The van der Waals surface area contributed by atoms with Crippen LogP contribution < -0.4 is 16.0 Å². The molecule has 3 heterocycles. The summed E-state index contributed by atoms with van der Waals surface area (Å²) in [6, 6.07) is 7.02. The van der Waals surface area contributed by atoms with Crippen molar-refractivity contribution < 1.29 is 37.7 Å². The first-order valence-corrected chi connectivity index (χ1v) is 15.9. The minimum Gasteiger partial charge on any atom is -0.451 e. The molecule has 2 aliphatic rings. The van der Waals surface area contributed by atoms with Crippen LogP contribution in [0.3, 0.4) is 0 Å². The Morgan fingerprint density at radius 3 is 2.55 bits per heavy atom. The number of alkyl halides is 3. The van der Waals surface area contributed by atoms with Crippen LogP contribution in [0.1, 0.15) is 50.6 Å². The van der Waals surface area contributed by atoms with Crippen LogP contribution in [0.5, 0.6) is 0 Å². The van der Waals surface area contributed by atoms with E-state index in [0.29, 0.717) is 13.0 Å². The number of nitrogens with one attached hydrogen (secondary N) is 3. The Morgan fingerprint density at radius 2 is 1.87 bits per heavy atom. The van der Waals surface area contributed by atoms with Gasteiger partial charge in [0.1, 0.15) is 6.10 Å². The van der Waals surface area contributed by atoms with Gasteiger partial charge in [0.25, 0.3) is 0 Å². The third kappa shape index (κ3) is 8.48. The van der Waals surface area contributed by atoms with E-state index in [1.54, 1.807) is 6.92 Å². The second-order valence-electron chi connectivity index (χ2n) is 12.0. The number of imidazole rings is 1. The highest BCUT2D eigenvalue weighted by Crippen LogP contribution is 2.37. The van der Waals surface area contributed by atoms with Crippen LogP contribution in [0.4, 0.5) is 24.9 Å². The number of nitrogens with zero attached hydrogens (tertiary/aromatic N) is 5. The maximum Gasteiger partial charge on any atom is 0.490 e. The molecule has 256 valence electrons. The van der Waals surface area contributed by atoms with Crippen LogP contribution in [0.2, 0.25) is 0 Å². The summed E-state index contributed by atoms with van der Waals surface area (Å²) in [5.74, 6) is -2.38. The van der Waals surface area contributed by atoms with Crippen molar-refractivity contribution in [2.24, 2.45) is 0 Å². The SMILES string of the molecule is CCC(=O)N[C@H]1C[C@@H](n2cnc3c(N[C@H](CO)Cc4ccccc4)nc(NCCN4CCCCC4)nc32)[C@H](OC(=O)C(F)(F)F)[C@@H]1O. The number of fused-ring (bicyclic) bond motifs is 1. The van der Waals surface area contributed by atoms with Crippen LogP contribution in [0.15, 0.2) is 36.7 Å². The summed E-state index contributed by atoms with van der Waals surface area (Å²) in [5, 5.41) is 30.3. The van der Waals surface area contributed by atoms with E-state index in [1.807, 2.05) is 30.3 Å². The molecule has 2 aromatic heterocycles. The Labute approximate surface area is 269 Å². The van der Waals surface area contributed by atoms with Gasteiger partial charge in [-0.15, -0.1) is 0 Å². The number of hydrogen-bond acceptors (Lipinski definition) is 11. The average molecular weight is 663 g/mol. The van der Waals surface area contributed by atoms with Gasteiger partial charge in [-0.3, -0.25) is 4.79 Å². The summed E-state index contributed by atoms with van der Waals surface area (Å²) in [6.07, 6.45) is -3.32. The molecular weight excluding hydrogens is 621 g/mol. The van der Waals surface area contributed by atoms with Gasteiger partial charge in [0, 0.05) is 19.5 Å². The largest absolute Gasteiger partial charge is 0.490 e. The molecule has 5 atom stereocenters. The van der Waals surface area contributed by atoms with Crippen molar-refractivity contribution in [3.63, 3.8) is 0 Å². The number of carbonyl (C=O) groups excluding carboxylic acids is 2. The molecule has 5 rings (SSSR count). The number of halogens is 3. The summed E-state index contributed by atoms with van der Waals surface area (Å²) in [4.78, 5) is 40.2. The molecule has 0 radical (unpaired) electrons. The van der Waals surface area contributed by atoms with E-state index in [-0.39, 0.29) is 42.4 Å². The number of piperidine rings is 1. The molecule has 5 N–H and O–H groups in total. The topological polar surface area (TPSA) is 167 Å². The number of carbonyl (C=O) groups is 2. The first-order chi connectivity index (χ1) is 22.6. The molecule has 13 nitrogen and oxygen atoms in total. The molecule has 1 aliphatic carbocycles. The molecule has 1 aromatic carbocycles. The van der Waals surface area contributed by atoms with Gasteiger partial charge in [0.2, 0.25) is 11.9 Å². The third-order valence-corrected chi connectivity index (χ3v) is 8.59. The molecule has 1 amide bonds. The molecule has 1 saturated heterocycles. The van der Waals surface area contributed by atoms with Crippen molar-refractivity contribution in [2.75, 3.05) is 43.4 Å². The lowest BCUT2D eigenvalue weighted by Gasteiger charge is -2.26. The molecule has 47 heavy (non-hydrogen) atoms. The molecule has 3 aromatic rings. The van der Waals surface area contributed by atoms with Gasteiger partial charge in [-0.25, -0.2) is 9.78 Å². The fourth-order valence-corrected chi connectivity index (χ4v) is 6.15. The molecule has 16 heteroatoms. The second kappa shape index (κ2) is 15.3. The number of hydrogen-bond donors (Lipinski definition) is 5. The van der Waals surface area contributed by atoms with Gasteiger partial charge in [-0.2, -0.15) is 23.1 Å². The van der Waals surface area contributed by atoms with E-state index in [9.17, 15) is 33.0 Å². The minimum atomic E-state index is -5.30. The fraction of sp³-hybridized carbons (Fsp3) is 0.581. The molecule has 2 fully saturated rings. The van der Waals surface area contributed by atoms with Gasteiger partial charge >= 0.3 is 12.1 Å². The summed E-state index contributed by atoms with van der Waals surface area (Å²) in [6.45, 7) is 4.63. The lowest BCUT2D eigenvalue weighted by Crippen LogP contribution is -2.45. The third-order valence-electron chi connectivity index (χ3n) is 8.59. The average Bonchev–Trinajstić information content (AvgIpc) is 3.61. The fourth-order valence-electron chi connectivity index (χ4n) is 6.15. The lowest BCUT2D eigenvalue weighted by atomic mass is 10.1. The van der Waals surface area contributed by atoms with E-state index < -0.39 is 48.4 Å². The second-order valence-corrected chi connectivity index (χ2v) is 12.0. The van der Waals surface area contributed by atoms with Crippen LogP contribution in [-0.2, 0) is 20.7 Å². The van der Waals surface area contributed by atoms with Gasteiger partial charge in [-0.05, 0) is 44.3 Å². The lowest BCUT2D eigenvalue weighted by molar-refractivity contribution is -0.209. The van der Waals surface area contributed by atoms with Crippen molar-refractivity contribution in [3.05, 3.63) is 42.2 Å². The first kappa shape index (κ1) is 34.3. The number of ether oxygens (including phenoxy) is 1. The van der Waals surface area contributed by atoms with E-state index in [0.717, 1.165) is 38.0 Å². The Kier molecular flexibility index (Phi) is 11.1. The molecule has 0 bridgehead atoms. The Bertz CT molecular complexity index is 1500. The van der Waals surface area contributed by atoms with Gasteiger partial charge in [0.15, 0.2) is 23.1 Å². The maximum absolute atomic E-state index is 13.3. The van der Waals surface area contributed by atoms with Crippen molar-refractivity contribution in [1.82, 2.24) is 29.7 Å². The molecule has 0 spiro atoms. The van der Waals surface area contributed by atoms with Gasteiger partial charge < -0.3 is 40.4 Å². The van der Waals surface area contributed by atoms with E-state index in [2.05, 4.69) is 35.8 Å². The van der Waals surface area contributed by atoms with Crippen molar-refractivity contribution in [1.29, 1.82) is 0 Å². The number of aliphatic hydroxyl groups excluding tert-OH is 2. The number of likely N-dealkylation sites (tertiary alicyclic amines) is 1. The summed E-state index contributed by atoms with van der Waals surface area (Å²) in [7, 11) is 0. The van der Waals surface area contributed by atoms with Gasteiger partial charge in [-0.1, -0.05) is 43.7 Å². The summed E-state index contributed by atoms with van der Waals surface area (Å²) >= 11 is 0. The molecule has 0 unspecified atom stereocenters. The molecule has 1 aliphatic heterocycles. The molecular formula is C31H41F3N8O5. The minimum absolute atomic E-state index is 0.0636. The normalized spacial score (nSPS) is 22.6. The van der Waals surface area contributed by atoms with Crippen LogP contribution in [0, 0.1) is 0 Å². The van der Waals surface area contributed by atoms with Crippen LogP contribution in [0.25, 0.3) is 11.2 Å². The van der Waals surface area contributed by atoms with E-state index in [1.165, 1.54) is 17.3 Å². The number of aliphatic hydroxyl groups is 2. The molecule has 1 saturated carbocycles. The van der Waals surface area contributed by atoms with Gasteiger partial charge in [0.05, 0.1) is 31.1 Å². The highest BCUT2D eigenvalue weighted by Gasteiger charge is 2.51. The van der Waals surface area contributed by atoms with Crippen molar-refractivity contribution >= 4 is 34.8 Å². The Morgan fingerprint density at radius 1 is 1.13 bits per heavy atom. The Balaban J connectivity index is 1.49. The quantitative estimate of drug-likeness (QED) is 0.171. The highest BCUT2D eigenvalue weighted by molar-refractivity contribution is 5.85. The number of anilines is 2. The van der Waals surface area contributed by atoms with Crippen molar-refractivity contribution in [2.45, 2.75) is 82.0 Å². The standard InChI is InChI=1S/C31H41F3N8O5/c1-2-23(44)38-21-16-22(26(25(21)45)47-29(46)31(32,33)34)42-18-36-24-27(37-20(17-43)15-19-9-5-3-6-10-19)39-30(40-28(24)42)35-11-14-41-12-7-4-8-13-41/h3,5-6,9-10,18,20-22,25-26,43,45H,2,4,7-8,11-17H2,1H3,(H,38,44)(H2,35,37,39,40)/t20-,21-,22+,25+,26-/m0/s1. The predicted octanol–water partition coefficient (Wildman–Crippen LogP) is 2.41. The number of amides is 1.